The maximum Gasteiger partial charge on any atom is 0.343 e. The summed E-state index contributed by atoms with van der Waals surface area (Å²) >= 11 is 1.22. The van der Waals surface area contributed by atoms with Crippen LogP contribution in [0, 0.1) is 5.92 Å². The van der Waals surface area contributed by atoms with Crippen molar-refractivity contribution in [1.82, 2.24) is 15.3 Å². The molecule has 1 aromatic rings. The Morgan fingerprint density at radius 3 is 2.76 bits per heavy atom. The largest absolute Gasteiger partial charge is 0.462 e. The van der Waals surface area contributed by atoms with E-state index in [9.17, 15) is 9.59 Å². The van der Waals surface area contributed by atoms with E-state index in [1.54, 1.807) is 13.8 Å². The Morgan fingerprint density at radius 1 is 1.40 bits per heavy atom. The Hall–Kier alpha value is -1.83. The lowest BCUT2D eigenvalue weighted by atomic mass is 9.89. The first-order chi connectivity index (χ1) is 12.0. The van der Waals surface area contributed by atoms with Crippen molar-refractivity contribution in [3.05, 3.63) is 11.8 Å². The number of amides is 1. The molecule has 1 aliphatic rings. The number of hydrogen-bond donors (Lipinski definition) is 2. The van der Waals surface area contributed by atoms with Crippen LogP contribution in [0.2, 0.25) is 0 Å². The summed E-state index contributed by atoms with van der Waals surface area (Å²) in [6.07, 6.45) is 7.54. The van der Waals surface area contributed by atoms with Crippen molar-refractivity contribution >= 4 is 29.5 Å². The molecule has 1 amide bonds. The summed E-state index contributed by atoms with van der Waals surface area (Å²) < 4.78 is 4.89. The first kappa shape index (κ1) is 19.5. The topological polar surface area (TPSA) is 107 Å². The molecule has 8 heteroatoms. The van der Waals surface area contributed by atoms with E-state index < -0.39 is 5.97 Å². The molecule has 1 atom stereocenters. The number of esters is 1. The third-order valence-corrected chi connectivity index (χ3v) is 5.21. The van der Waals surface area contributed by atoms with Crippen LogP contribution in [0.3, 0.4) is 0 Å². The second-order valence-corrected chi connectivity index (χ2v) is 7.49. The van der Waals surface area contributed by atoms with Gasteiger partial charge in [-0.25, -0.2) is 14.8 Å². The fourth-order valence-electron chi connectivity index (χ4n) is 2.79. The summed E-state index contributed by atoms with van der Waals surface area (Å²) in [4.78, 5) is 32.1. The fourth-order valence-corrected chi connectivity index (χ4v) is 3.56. The number of ether oxygens (including phenoxy) is 1. The lowest BCUT2D eigenvalue weighted by Crippen LogP contribution is -2.35. The predicted octanol–water partition coefficient (Wildman–Crippen LogP) is 2.41. The molecular weight excluding hydrogens is 340 g/mol. The van der Waals surface area contributed by atoms with E-state index in [0.29, 0.717) is 11.1 Å². The highest BCUT2D eigenvalue weighted by Crippen LogP contribution is 2.24. The van der Waals surface area contributed by atoms with Crippen molar-refractivity contribution in [2.75, 3.05) is 18.9 Å². The Labute approximate surface area is 152 Å². The van der Waals surface area contributed by atoms with Crippen molar-refractivity contribution in [2.45, 2.75) is 56.4 Å². The minimum Gasteiger partial charge on any atom is -0.462 e. The van der Waals surface area contributed by atoms with Gasteiger partial charge in [-0.3, -0.25) is 4.79 Å². The average molecular weight is 366 g/mol. The second-order valence-electron chi connectivity index (χ2n) is 6.18. The normalized spacial score (nSPS) is 16.2. The van der Waals surface area contributed by atoms with E-state index in [1.807, 2.05) is 0 Å². The second kappa shape index (κ2) is 9.60. The van der Waals surface area contributed by atoms with E-state index in [0.717, 1.165) is 6.54 Å². The summed E-state index contributed by atoms with van der Waals surface area (Å²) in [6.45, 7) is 4.51. The molecular formula is C17H26N4O3S. The van der Waals surface area contributed by atoms with Crippen LogP contribution in [0.4, 0.5) is 5.82 Å². The molecule has 1 saturated carbocycles. The molecule has 1 unspecified atom stereocenters. The van der Waals surface area contributed by atoms with E-state index >= 15 is 0 Å². The zero-order valence-corrected chi connectivity index (χ0v) is 15.6. The van der Waals surface area contributed by atoms with Gasteiger partial charge in [0.1, 0.15) is 11.4 Å². The van der Waals surface area contributed by atoms with E-state index in [-0.39, 0.29) is 29.1 Å². The van der Waals surface area contributed by atoms with Crippen LogP contribution in [-0.2, 0) is 9.53 Å². The van der Waals surface area contributed by atoms with Crippen LogP contribution in [0.5, 0.6) is 0 Å². The average Bonchev–Trinajstić information content (AvgIpc) is 2.60. The van der Waals surface area contributed by atoms with Crippen LogP contribution in [0.25, 0.3) is 0 Å². The van der Waals surface area contributed by atoms with Crippen LogP contribution in [0.15, 0.2) is 11.4 Å². The van der Waals surface area contributed by atoms with Crippen LogP contribution < -0.4 is 11.1 Å². The molecule has 1 aliphatic carbocycles. The molecule has 1 fully saturated rings. The van der Waals surface area contributed by atoms with Crippen LogP contribution >= 0.6 is 11.8 Å². The highest BCUT2D eigenvalue weighted by atomic mass is 32.2. The van der Waals surface area contributed by atoms with Gasteiger partial charge in [-0.1, -0.05) is 31.0 Å². The number of hydrogen-bond acceptors (Lipinski definition) is 7. The van der Waals surface area contributed by atoms with Crippen molar-refractivity contribution in [3.8, 4) is 0 Å². The van der Waals surface area contributed by atoms with Crippen LogP contribution in [-0.4, -0.2) is 40.2 Å². The predicted molar refractivity (Wildman–Crippen MR) is 97.3 cm³/mol. The first-order valence-electron chi connectivity index (χ1n) is 8.75. The lowest BCUT2D eigenvalue weighted by molar-refractivity contribution is -0.120. The number of aromatic nitrogens is 2. The van der Waals surface area contributed by atoms with E-state index in [2.05, 4.69) is 15.3 Å². The van der Waals surface area contributed by atoms with Gasteiger partial charge in [-0.2, -0.15) is 0 Å². The van der Waals surface area contributed by atoms with Gasteiger partial charge >= 0.3 is 5.97 Å². The number of thioether (sulfide) groups is 1. The maximum absolute atomic E-state index is 12.2. The molecule has 0 bridgehead atoms. The number of rotatable bonds is 7. The summed E-state index contributed by atoms with van der Waals surface area (Å²) in [5.41, 5.74) is 5.93. The highest BCUT2D eigenvalue weighted by molar-refractivity contribution is 8.00. The molecule has 1 heterocycles. The minimum absolute atomic E-state index is 0.0350. The summed E-state index contributed by atoms with van der Waals surface area (Å²) in [7, 11) is 0. The number of nitrogens with zero attached hydrogens (tertiary/aromatic N) is 2. The Kier molecular flexibility index (Phi) is 7.49. The maximum atomic E-state index is 12.2. The van der Waals surface area contributed by atoms with Gasteiger partial charge in [-0.15, -0.1) is 0 Å². The molecule has 138 valence electrons. The zero-order chi connectivity index (χ0) is 18.2. The number of nitrogens with two attached hydrogens (primary N) is 1. The summed E-state index contributed by atoms with van der Waals surface area (Å²) in [5.74, 6) is 0.0680. The monoisotopic (exact) mass is 366 g/mol. The van der Waals surface area contributed by atoms with Crippen molar-refractivity contribution in [1.29, 1.82) is 0 Å². The third-order valence-electron chi connectivity index (χ3n) is 4.23. The Balaban J connectivity index is 1.86. The number of nitrogens with one attached hydrogen (secondary N) is 1. The minimum atomic E-state index is -0.546. The third kappa shape index (κ3) is 5.88. The van der Waals surface area contributed by atoms with Gasteiger partial charge < -0.3 is 15.8 Å². The number of anilines is 1. The zero-order valence-electron chi connectivity index (χ0n) is 14.8. The molecule has 25 heavy (non-hydrogen) atoms. The molecule has 0 aromatic carbocycles. The molecule has 1 aromatic heterocycles. The summed E-state index contributed by atoms with van der Waals surface area (Å²) in [6, 6.07) is 0. The fraction of sp³-hybridized carbons (Fsp3) is 0.647. The number of carbonyl (C=O) groups is 2. The molecule has 3 N–H and O–H groups in total. The molecule has 0 saturated heterocycles. The van der Waals surface area contributed by atoms with Gasteiger partial charge in [0.2, 0.25) is 5.91 Å². The van der Waals surface area contributed by atoms with E-state index in [4.69, 9.17) is 10.5 Å². The molecule has 0 spiro atoms. The SMILES string of the molecule is CCOC(=O)c1cnc(SC(C)C(=O)NCC2CCCCC2)nc1N. The Bertz CT molecular complexity index is 606. The molecule has 7 nitrogen and oxygen atoms in total. The molecule has 2 rings (SSSR count). The van der Waals surface area contributed by atoms with Gasteiger partial charge in [0.15, 0.2) is 5.16 Å². The summed E-state index contributed by atoms with van der Waals surface area (Å²) in [5, 5.41) is 3.04. The van der Waals surface area contributed by atoms with Crippen LogP contribution in [0.1, 0.15) is 56.3 Å². The van der Waals surface area contributed by atoms with E-state index in [1.165, 1.54) is 50.1 Å². The Morgan fingerprint density at radius 2 is 2.12 bits per heavy atom. The standard InChI is InChI=1S/C17H26N4O3S/c1-3-24-16(23)13-10-20-17(21-14(13)18)25-11(2)15(22)19-9-12-7-5-4-6-8-12/h10-12H,3-9H2,1-2H3,(H,19,22)(H2,18,20,21). The van der Waals surface area contributed by atoms with Gasteiger partial charge in [0.05, 0.1) is 11.9 Å². The van der Waals surface area contributed by atoms with Crippen molar-refractivity contribution in [2.24, 2.45) is 5.92 Å². The van der Waals surface area contributed by atoms with Gasteiger partial charge in [-0.05, 0) is 32.6 Å². The lowest BCUT2D eigenvalue weighted by Gasteiger charge is -2.22. The van der Waals surface area contributed by atoms with Crippen molar-refractivity contribution < 1.29 is 14.3 Å². The highest BCUT2D eigenvalue weighted by Gasteiger charge is 2.20. The van der Waals surface area contributed by atoms with Gasteiger partial charge in [0, 0.05) is 12.7 Å². The number of nitrogen functional groups attached to an aromatic ring is 1. The van der Waals surface area contributed by atoms with Crippen molar-refractivity contribution in [3.63, 3.8) is 0 Å². The molecule has 0 aliphatic heterocycles. The molecule has 0 radical (unpaired) electrons. The number of carbonyl (C=O) groups excluding carboxylic acids is 2. The quantitative estimate of drug-likeness (QED) is 0.433. The first-order valence-corrected chi connectivity index (χ1v) is 9.63. The van der Waals surface area contributed by atoms with Gasteiger partial charge in [0.25, 0.3) is 0 Å². The smallest absolute Gasteiger partial charge is 0.343 e.